The SMILES string of the molecule is CC(C)P(c1ccccc1)c1ccccc1Br. The molecule has 0 N–H and O–H groups in total. The van der Waals surface area contributed by atoms with E-state index in [2.05, 4.69) is 84.4 Å². The first-order valence-corrected chi connectivity index (χ1v) is 7.99. The molecule has 2 rings (SSSR count). The van der Waals surface area contributed by atoms with Crippen LogP contribution in [0.3, 0.4) is 0 Å². The maximum absolute atomic E-state index is 3.68. The summed E-state index contributed by atoms with van der Waals surface area (Å²) < 4.78 is 1.23. The van der Waals surface area contributed by atoms with E-state index in [4.69, 9.17) is 0 Å². The first-order valence-electron chi connectivity index (χ1n) is 5.79. The van der Waals surface area contributed by atoms with Crippen molar-refractivity contribution in [3.63, 3.8) is 0 Å². The van der Waals surface area contributed by atoms with Crippen LogP contribution in [-0.2, 0) is 0 Å². The summed E-state index contributed by atoms with van der Waals surface area (Å²) in [5.41, 5.74) is 0.645. The highest BCUT2D eigenvalue weighted by Crippen LogP contribution is 2.40. The summed E-state index contributed by atoms with van der Waals surface area (Å²) in [6.45, 7) is 4.61. The van der Waals surface area contributed by atoms with Gasteiger partial charge in [0.1, 0.15) is 0 Å². The summed E-state index contributed by atoms with van der Waals surface area (Å²) in [5, 5.41) is 2.88. The Morgan fingerprint density at radius 1 is 0.882 bits per heavy atom. The van der Waals surface area contributed by atoms with Crippen LogP contribution in [0.2, 0.25) is 0 Å². The predicted molar refractivity (Wildman–Crippen MR) is 81.9 cm³/mol. The molecule has 2 aromatic carbocycles. The minimum absolute atomic E-state index is 0.278. The van der Waals surface area contributed by atoms with Gasteiger partial charge < -0.3 is 0 Å². The zero-order valence-corrected chi connectivity index (χ0v) is 12.6. The molecule has 0 heterocycles. The van der Waals surface area contributed by atoms with E-state index in [-0.39, 0.29) is 7.92 Å². The zero-order valence-electron chi connectivity index (χ0n) is 10.1. The summed E-state index contributed by atoms with van der Waals surface area (Å²) in [7, 11) is -0.278. The minimum Gasteiger partial charge on any atom is -0.0622 e. The van der Waals surface area contributed by atoms with Gasteiger partial charge in [-0.2, -0.15) is 0 Å². The van der Waals surface area contributed by atoms with E-state index in [1.165, 1.54) is 15.1 Å². The lowest BCUT2D eigenvalue weighted by Crippen LogP contribution is -2.18. The smallest absolute Gasteiger partial charge is 0.0255 e. The van der Waals surface area contributed by atoms with Crippen LogP contribution in [0.15, 0.2) is 59.1 Å². The average Bonchev–Trinajstić information content (AvgIpc) is 2.33. The molecule has 0 saturated heterocycles. The molecule has 1 atom stereocenters. The molecule has 0 aliphatic heterocycles. The molecule has 0 spiro atoms. The van der Waals surface area contributed by atoms with Crippen molar-refractivity contribution in [2.24, 2.45) is 0 Å². The van der Waals surface area contributed by atoms with Gasteiger partial charge in [0.2, 0.25) is 0 Å². The first kappa shape index (κ1) is 12.8. The van der Waals surface area contributed by atoms with E-state index in [1.807, 2.05) is 0 Å². The zero-order chi connectivity index (χ0) is 12.3. The fraction of sp³-hybridized carbons (Fsp3) is 0.200. The van der Waals surface area contributed by atoms with Crippen molar-refractivity contribution >= 4 is 34.5 Å². The number of rotatable bonds is 3. The highest BCUT2D eigenvalue weighted by atomic mass is 79.9. The molecule has 2 heteroatoms. The van der Waals surface area contributed by atoms with Crippen LogP contribution in [0.25, 0.3) is 0 Å². The summed E-state index contributed by atoms with van der Waals surface area (Å²) >= 11 is 3.68. The Bertz CT molecular complexity index is 479. The summed E-state index contributed by atoms with van der Waals surface area (Å²) in [4.78, 5) is 0. The second-order valence-corrected chi connectivity index (χ2v) is 7.88. The lowest BCUT2D eigenvalue weighted by Gasteiger charge is -2.23. The molecule has 0 amide bonds. The highest BCUT2D eigenvalue weighted by molar-refractivity contribution is 9.10. The van der Waals surface area contributed by atoms with Crippen LogP contribution < -0.4 is 10.6 Å². The average molecular weight is 307 g/mol. The van der Waals surface area contributed by atoms with Gasteiger partial charge in [-0.15, -0.1) is 0 Å². The number of hydrogen-bond donors (Lipinski definition) is 0. The standard InChI is InChI=1S/C15H16BrP/c1-12(2)17(13-8-4-3-5-9-13)15-11-7-6-10-14(15)16/h3-12H,1-2H3. The Hall–Kier alpha value is -0.650. The molecule has 0 radical (unpaired) electrons. The van der Waals surface area contributed by atoms with Gasteiger partial charge >= 0.3 is 0 Å². The molecular formula is C15H16BrP. The van der Waals surface area contributed by atoms with Crippen molar-refractivity contribution in [3.05, 3.63) is 59.1 Å². The second kappa shape index (κ2) is 5.80. The molecule has 2 aromatic rings. The maximum atomic E-state index is 3.68. The highest BCUT2D eigenvalue weighted by Gasteiger charge is 2.19. The van der Waals surface area contributed by atoms with Crippen LogP contribution in [0, 0.1) is 0 Å². The van der Waals surface area contributed by atoms with Gasteiger partial charge in [-0.05, 0) is 30.3 Å². The van der Waals surface area contributed by atoms with E-state index >= 15 is 0 Å². The Kier molecular flexibility index (Phi) is 4.36. The fourth-order valence-electron chi connectivity index (χ4n) is 1.95. The summed E-state index contributed by atoms with van der Waals surface area (Å²) in [6.07, 6.45) is 0. The van der Waals surface area contributed by atoms with E-state index in [9.17, 15) is 0 Å². The van der Waals surface area contributed by atoms with Crippen molar-refractivity contribution in [3.8, 4) is 0 Å². The van der Waals surface area contributed by atoms with Gasteiger partial charge in [0.05, 0.1) is 0 Å². The number of benzene rings is 2. The third-order valence-electron chi connectivity index (χ3n) is 2.66. The minimum atomic E-state index is -0.278. The maximum Gasteiger partial charge on any atom is 0.0255 e. The normalized spacial score (nSPS) is 12.7. The first-order chi connectivity index (χ1) is 8.20. The topological polar surface area (TPSA) is 0 Å². The fourth-order valence-corrected chi connectivity index (χ4v) is 5.28. The lowest BCUT2D eigenvalue weighted by molar-refractivity contribution is 1.10. The van der Waals surface area contributed by atoms with E-state index in [0.717, 1.165) is 0 Å². The molecule has 0 aliphatic carbocycles. The molecule has 88 valence electrons. The molecular weight excluding hydrogens is 291 g/mol. The van der Waals surface area contributed by atoms with Gasteiger partial charge in [0.25, 0.3) is 0 Å². The van der Waals surface area contributed by atoms with Gasteiger partial charge in [-0.25, -0.2) is 0 Å². The van der Waals surface area contributed by atoms with Crippen molar-refractivity contribution in [1.29, 1.82) is 0 Å². The van der Waals surface area contributed by atoms with Crippen LogP contribution in [0.1, 0.15) is 13.8 Å². The van der Waals surface area contributed by atoms with Crippen LogP contribution in [-0.4, -0.2) is 5.66 Å². The Labute approximate surface area is 113 Å². The summed E-state index contributed by atoms with van der Waals surface area (Å²) in [5.74, 6) is 0. The van der Waals surface area contributed by atoms with Crippen molar-refractivity contribution in [2.45, 2.75) is 19.5 Å². The monoisotopic (exact) mass is 306 g/mol. The van der Waals surface area contributed by atoms with Crippen LogP contribution in [0.4, 0.5) is 0 Å². The van der Waals surface area contributed by atoms with Gasteiger partial charge in [0.15, 0.2) is 0 Å². The molecule has 0 aliphatic rings. The molecule has 0 bridgehead atoms. The number of halogens is 1. The van der Waals surface area contributed by atoms with Gasteiger partial charge in [0, 0.05) is 4.47 Å². The Balaban J connectivity index is 2.47. The molecule has 17 heavy (non-hydrogen) atoms. The molecule has 0 fully saturated rings. The second-order valence-electron chi connectivity index (χ2n) is 4.25. The van der Waals surface area contributed by atoms with Crippen LogP contribution in [0.5, 0.6) is 0 Å². The lowest BCUT2D eigenvalue weighted by atomic mass is 10.4. The van der Waals surface area contributed by atoms with Crippen molar-refractivity contribution < 1.29 is 0 Å². The van der Waals surface area contributed by atoms with Crippen molar-refractivity contribution in [1.82, 2.24) is 0 Å². The Morgan fingerprint density at radius 2 is 1.47 bits per heavy atom. The third kappa shape index (κ3) is 2.97. The molecule has 1 unspecified atom stereocenters. The molecule has 0 nitrogen and oxygen atoms in total. The predicted octanol–water partition coefficient (Wildman–Crippen LogP) is 4.29. The van der Waals surface area contributed by atoms with E-state index in [0.29, 0.717) is 5.66 Å². The largest absolute Gasteiger partial charge is 0.0622 e. The summed E-state index contributed by atoms with van der Waals surface area (Å²) in [6, 6.07) is 19.4. The Morgan fingerprint density at radius 3 is 2.06 bits per heavy atom. The molecule has 0 aromatic heterocycles. The van der Waals surface area contributed by atoms with E-state index < -0.39 is 0 Å². The molecule has 0 saturated carbocycles. The van der Waals surface area contributed by atoms with Crippen molar-refractivity contribution in [2.75, 3.05) is 0 Å². The van der Waals surface area contributed by atoms with Crippen LogP contribution >= 0.6 is 23.9 Å². The van der Waals surface area contributed by atoms with Gasteiger partial charge in [-0.1, -0.05) is 78.3 Å². The number of hydrogen-bond acceptors (Lipinski definition) is 0. The van der Waals surface area contributed by atoms with Gasteiger partial charge in [-0.3, -0.25) is 0 Å². The third-order valence-corrected chi connectivity index (χ3v) is 6.46. The van der Waals surface area contributed by atoms with E-state index in [1.54, 1.807) is 0 Å². The quantitative estimate of drug-likeness (QED) is 0.742.